The molecule has 0 radical (unpaired) electrons. The number of halogens is 1. The largest absolute Gasteiger partial charge is 0.379 e. The summed E-state index contributed by atoms with van der Waals surface area (Å²) in [6.45, 7) is 12.3. The van der Waals surface area contributed by atoms with Gasteiger partial charge in [-0.05, 0) is 19.3 Å². The Morgan fingerprint density at radius 2 is 2.12 bits per heavy atom. The van der Waals surface area contributed by atoms with Gasteiger partial charge in [0.2, 0.25) is 5.89 Å². The molecule has 2 aliphatic heterocycles. The Kier molecular flexibility index (Phi) is 8.37. The summed E-state index contributed by atoms with van der Waals surface area (Å²) >= 11 is 0. The minimum Gasteiger partial charge on any atom is -0.379 e. The Balaban J connectivity index is 0.00000225. The third kappa shape index (κ3) is 6.07. The van der Waals surface area contributed by atoms with E-state index in [0.29, 0.717) is 24.2 Å². The van der Waals surface area contributed by atoms with Crippen molar-refractivity contribution in [3.63, 3.8) is 0 Å². The van der Waals surface area contributed by atoms with E-state index in [1.165, 1.54) is 6.42 Å². The molecule has 0 saturated carbocycles. The van der Waals surface area contributed by atoms with E-state index in [9.17, 15) is 0 Å². The molecular formula is C16H29IN6O2. The molecule has 1 unspecified atom stereocenters. The third-order valence-electron chi connectivity index (χ3n) is 4.48. The molecule has 8 nitrogen and oxygen atoms in total. The topological polar surface area (TPSA) is 79.0 Å². The van der Waals surface area contributed by atoms with E-state index in [4.69, 9.17) is 9.26 Å². The predicted octanol–water partition coefficient (Wildman–Crippen LogP) is 1.12. The van der Waals surface area contributed by atoms with Crippen LogP contribution in [0.3, 0.4) is 0 Å². The molecule has 2 aliphatic rings. The number of hydrogen-bond donors (Lipinski definition) is 1. The quantitative estimate of drug-likeness (QED) is 0.398. The molecule has 0 spiro atoms. The monoisotopic (exact) mass is 464 g/mol. The zero-order chi connectivity index (χ0) is 16.8. The smallest absolute Gasteiger partial charge is 0.223 e. The van der Waals surface area contributed by atoms with Gasteiger partial charge in [0.25, 0.3) is 0 Å². The normalized spacial score (nSPS) is 22.1. The molecule has 2 saturated heterocycles. The van der Waals surface area contributed by atoms with Gasteiger partial charge in [-0.3, -0.25) is 4.90 Å². The van der Waals surface area contributed by atoms with Crippen molar-refractivity contribution in [1.82, 2.24) is 25.3 Å². The maximum atomic E-state index is 5.43. The van der Waals surface area contributed by atoms with Gasteiger partial charge in [-0.25, -0.2) is 4.99 Å². The SMILES string of the molecule is CCNC(=NCc1noc(C)n1)N1CCC(CN2CCOCC2)C1.I. The van der Waals surface area contributed by atoms with Gasteiger partial charge in [0.15, 0.2) is 11.8 Å². The first-order valence-corrected chi connectivity index (χ1v) is 8.87. The van der Waals surface area contributed by atoms with Crippen molar-refractivity contribution >= 4 is 29.9 Å². The lowest BCUT2D eigenvalue weighted by Crippen LogP contribution is -2.42. The first kappa shape index (κ1) is 20.4. The highest BCUT2D eigenvalue weighted by molar-refractivity contribution is 14.0. The van der Waals surface area contributed by atoms with E-state index >= 15 is 0 Å². The first-order chi connectivity index (χ1) is 11.7. The minimum atomic E-state index is 0. The van der Waals surface area contributed by atoms with Crippen molar-refractivity contribution in [1.29, 1.82) is 0 Å². The standard InChI is InChI=1S/C16H28N6O2.HI/c1-3-17-16(18-10-15-19-13(2)24-20-15)22-5-4-14(12-22)11-21-6-8-23-9-7-21;/h14H,3-12H2,1-2H3,(H,17,18);1H. The molecule has 1 N–H and O–H groups in total. The van der Waals surface area contributed by atoms with Crippen LogP contribution in [0.4, 0.5) is 0 Å². The molecule has 25 heavy (non-hydrogen) atoms. The van der Waals surface area contributed by atoms with Crippen LogP contribution in [0, 0.1) is 12.8 Å². The second-order valence-electron chi connectivity index (χ2n) is 6.41. The molecule has 0 aromatic carbocycles. The van der Waals surface area contributed by atoms with E-state index in [1.807, 2.05) is 0 Å². The molecule has 0 bridgehead atoms. The molecule has 0 aliphatic carbocycles. The Hall–Kier alpha value is -0.940. The van der Waals surface area contributed by atoms with Crippen LogP contribution in [-0.4, -0.2) is 78.4 Å². The fourth-order valence-electron chi connectivity index (χ4n) is 3.30. The molecule has 9 heteroatoms. The average Bonchev–Trinajstić information content (AvgIpc) is 3.22. The lowest BCUT2D eigenvalue weighted by Gasteiger charge is -2.29. The fourth-order valence-corrected chi connectivity index (χ4v) is 3.30. The fraction of sp³-hybridized carbons (Fsp3) is 0.812. The first-order valence-electron chi connectivity index (χ1n) is 8.87. The zero-order valence-corrected chi connectivity index (χ0v) is 17.4. The van der Waals surface area contributed by atoms with Gasteiger partial charge in [0.1, 0.15) is 6.54 Å². The van der Waals surface area contributed by atoms with Crippen molar-refractivity contribution in [3.8, 4) is 0 Å². The molecule has 3 rings (SSSR count). The van der Waals surface area contributed by atoms with Crippen LogP contribution in [0.1, 0.15) is 25.1 Å². The minimum absolute atomic E-state index is 0. The molecule has 1 aromatic rings. The summed E-state index contributed by atoms with van der Waals surface area (Å²) in [4.78, 5) is 13.8. The van der Waals surface area contributed by atoms with Gasteiger partial charge in [-0.2, -0.15) is 4.98 Å². The second kappa shape index (κ2) is 10.3. The molecule has 1 aromatic heterocycles. The highest BCUT2D eigenvalue weighted by Crippen LogP contribution is 2.18. The summed E-state index contributed by atoms with van der Waals surface area (Å²) in [5.74, 6) is 2.85. The molecule has 142 valence electrons. The summed E-state index contributed by atoms with van der Waals surface area (Å²) < 4.78 is 10.4. The Labute approximate surface area is 166 Å². The summed E-state index contributed by atoms with van der Waals surface area (Å²) in [5.41, 5.74) is 0. The zero-order valence-electron chi connectivity index (χ0n) is 15.1. The van der Waals surface area contributed by atoms with Gasteiger partial charge in [0.05, 0.1) is 13.2 Å². The van der Waals surface area contributed by atoms with Gasteiger partial charge in [0, 0.05) is 46.2 Å². The van der Waals surface area contributed by atoms with Crippen molar-refractivity contribution in [2.75, 3.05) is 52.5 Å². The second-order valence-corrected chi connectivity index (χ2v) is 6.41. The van der Waals surface area contributed by atoms with Crippen molar-refractivity contribution in [2.45, 2.75) is 26.8 Å². The molecule has 0 amide bonds. The van der Waals surface area contributed by atoms with Crippen molar-refractivity contribution in [3.05, 3.63) is 11.7 Å². The number of nitrogens with zero attached hydrogens (tertiary/aromatic N) is 5. The number of hydrogen-bond acceptors (Lipinski definition) is 6. The van der Waals surface area contributed by atoms with E-state index < -0.39 is 0 Å². The van der Waals surface area contributed by atoms with Gasteiger partial charge in [-0.1, -0.05) is 5.16 Å². The summed E-state index contributed by atoms with van der Waals surface area (Å²) in [6.07, 6.45) is 1.21. The number of morpholine rings is 1. The van der Waals surface area contributed by atoms with Crippen molar-refractivity contribution < 1.29 is 9.26 Å². The van der Waals surface area contributed by atoms with E-state index in [1.54, 1.807) is 6.92 Å². The van der Waals surface area contributed by atoms with Crippen LogP contribution in [0.25, 0.3) is 0 Å². The van der Waals surface area contributed by atoms with Crippen LogP contribution in [0.5, 0.6) is 0 Å². The van der Waals surface area contributed by atoms with Crippen LogP contribution in [0.2, 0.25) is 0 Å². The van der Waals surface area contributed by atoms with Crippen LogP contribution in [-0.2, 0) is 11.3 Å². The molecule has 3 heterocycles. The number of aryl methyl sites for hydroxylation is 1. The molecular weight excluding hydrogens is 435 g/mol. The number of nitrogens with one attached hydrogen (secondary N) is 1. The highest BCUT2D eigenvalue weighted by Gasteiger charge is 2.27. The summed E-state index contributed by atoms with van der Waals surface area (Å²) in [5, 5.41) is 7.29. The van der Waals surface area contributed by atoms with Gasteiger partial charge >= 0.3 is 0 Å². The average molecular weight is 464 g/mol. The number of aromatic nitrogens is 2. The number of ether oxygens (including phenoxy) is 1. The van der Waals surface area contributed by atoms with Crippen LogP contribution in [0.15, 0.2) is 9.52 Å². The Bertz CT molecular complexity index is 546. The van der Waals surface area contributed by atoms with Gasteiger partial charge < -0.3 is 19.5 Å². The van der Waals surface area contributed by atoms with E-state index in [0.717, 1.165) is 58.4 Å². The lowest BCUT2D eigenvalue weighted by molar-refractivity contribution is 0.0315. The highest BCUT2D eigenvalue weighted by atomic mass is 127. The van der Waals surface area contributed by atoms with E-state index in [-0.39, 0.29) is 24.0 Å². The summed E-state index contributed by atoms with van der Waals surface area (Å²) in [6, 6.07) is 0. The summed E-state index contributed by atoms with van der Waals surface area (Å²) in [7, 11) is 0. The molecule has 2 fully saturated rings. The maximum absolute atomic E-state index is 5.43. The van der Waals surface area contributed by atoms with Crippen molar-refractivity contribution in [2.24, 2.45) is 10.9 Å². The lowest BCUT2D eigenvalue weighted by atomic mass is 10.1. The third-order valence-corrected chi connectivity index (χ3v) is 4.48. The maximum Gasteiger partial charge on any atom is 0.223 e. The predicted molar refractivity (Wildman–Crippen MR) is 106 cm³/mol. The number of likely N-dealkylation sites (tertiary alicyclic amines) is 1. The van der Waals surface area contributed by atoms with Crippen LogP contribution >= 0.6 is 24.0 Å². The number of aliphatic imine (C=N–C) groups is 1. The Morgan fingerprint density at radius 1 is 1.32 bits per heavy atom. The van der Waals surface area contributed by atoms with E-state index in [2.05, 4.69) is 37.2 Å². The van der Waals surface area contributed by atoms with Crippen LogP contribution < -0.4 is 5.32 Å². The Morgan fingerprint density at radius 3 is 2.80 bits per heavy atom. The van der Waals surface area contributed by atoms with Gasteiger partial charge in [-0.15, -0.1) is 24.0 Å². The molecule has 1 atom stereocenters. The number of rotatable bonds is 5. The number of guanidine groups is 1.